The fourth-order valence-corrected chi connectivity index (χ4v) is 5.14. The molecule has 0 spiro atoms. The van der Waals surface area contributed by atoms with Crippen molar-refractivity contribution in [2.75, 3.05) is 34.4 Å². The van der Waals surface area contributed by atoms with Crippen LogP contribution in [0, 0.1) is 29.6 Å². The van der Waals surface area contributed by atoms with Gasteiger partial charge in [-0.3, -0.25) is 9.59 Å². The number of carbonyl (C=O) groups is 2. The van der Waals surface area contributed by atoms with E-state index in [0.717, 1.165) is 0 Å². The van der Waals surface area contributed by atoms with E-state index >= 15 is 0 Å². The zero-order chi connectivity index (χ0) is 28.0. The molecule has 0 bridgehead atoms. The van der Waals surface area contributed by atoms with E-state index in [2.05, 4.69) is 5.16 Å². The zero-order valence-corrected chi connectivity index (χ0v) is 24.2. The van der Waals surface area contributed by atoms with Crippen molar-refractivity contribution in [2.24, 2.45) is 34.7 Å². The fourth-order valence-electron chi connectivity index (χ4n) is 5.14. The summed E-state index contributed by atoms with van der Waals surface area (Å²) in [6.07, 6.45) is -1.57. The van der Waals surface area contributed by atoms with Crippen LogP contribution >= 0.6 is 0 Å². The van der Waals surface area contributed by atoms with E-state index in [1.165, 1.54) is 13.8 Å². The Morgan fingerprint density at radius 2 is 1.69 bits per heavy atom. The number of ether oxygens (including phenoxy) is 2. The number of Topliss-reactive ketones (excluding diaryl/α,β-unsaturated/α-hetero) is 1. The second-order valence-corrected chi connectivity index (χ2v) is 11.3. The molecule has 2 N–H and O–H groups in total. The molecule has 1 rings (SSSR count). The Kier molecular flexibility index (Phi) is 12.0. The molecule has 0 aromatic heterocycles. The molecule has 9 nitrogen and oxygen atoms in total. The minimum absolute atomic E-state index is 0.206. The highest BCUT2D eigenvalue weighted by molar-refractivity contribution is 5.99. The molecule has 1 aliphatic heterocycles. The Labute approximate surface area is 217 Å². The predicted octanol–water partition coefficient (Wildman–Crippen LogP) is 2.91. The van der Waals surface area contributed by atoms with Crippen molar-refractivity contribution in [2.45, 2.75) is 91.6 Å². The second kappa shape index (κ2) is 13.3. The Balaban J connectivity index is 3.60. The number of methoxy groups -OCH3 is 1. The van der Waals surface area contributed by atoms with Crippen LogP contribution in [0.25, 0.3) is 0 Å². The molecule has 0 aromatic carbocycles. The summed E-state index contributed by atoms with van der Waals surface area (Å²) < 4.78 is 11.6. The van der Waals surface area contributed by atoms with Crippen LogP contribution in [0.4, 0.5) is 0 Å². The molecule has 210 valence electrons. The molecule has 9 atom stereocenters. The number of oxime groups is 1. The number of cyclic esters (lactones) is 1. The van der Waals surface area contributed by atoms with Gasteiger partial charge in [-0.25, -0.2) is 0 Å². The highest BCUT2D eigenvalue weighted by Gasteiger charge is 2.48. The van der Waals surface area contributed by atoms with Crippen LogP contribution in [0.15, 0.2) is 5.16 Å². The Morgan fingerprint density at radius 1 is 1.11 bits per heavy atom. The lowest BCUT2D eigenvalue weighted by Crippen LogP contribution is -2.56. The molecule has 1 aliphatic rings. The first-order valence-electron chi connectivity index (χ1n) is 13.1. The topological polar surface area (TPSA) is 118 Å². The standard InChI is InChI=1S/C27H50N2O7/c1-12-21-27(8,33)24(31)18(4)22(28-35-14-13-29(9)10)16(2)15-26(7,34-11)20(6)17(3)23(30)19(5)25(32)36-21/h16-21,24,31,33H,12-15H2,1-11H3/t16-,17-,18+,19-,20-,21-,24-,26-,27-/m1/s1. The lowest BCUT2D eigenvalue weighted by Gasteiger charge is -2.43. The molecule has 0 unspecified atom stereocenters. The van der Waals surface area contributed by atoms with Crippen molar-refractivity contribution in [1.82, 2.24) is 4.90 Å². The first kappa shape index (κ1) is 32.5. The van der Waals surface area contributed by atoms with Gasteiger partial charge < -0.3 is 29.4 Å². The van der Waals surface area contributed by atoms with Crippen molar-refractivity contribution >= 4 is 17.5 Å². The summed E-state index contributed by atoms with van der Waals surface area (Å²) in [6.45, 7) is 15.2. The molecule has 0 aromatic rings. The third-order valence-corrected chi connectivity index (χ3v) is 8.24. The highest BCUT2D eigenvalue weighted by atomic mass is 16.6. The van der Waals surface area contributed by atoms with Gasteiger partial charge in [0.2, 0.25) is 0 Å². The molecule has 0 saturated carbocycles. The van der Waals surface area contributed by atoms with Crippen molar-refractivity contribution in [1.29, 1.82) is 0 Å². The Morgan fingerprint density at radius 3 is 2.19 bits per heavy atom. The van der Waals surface area contributed by atoms with Crippen molar-refractivity contribution in [3.8, 4) is 0 Å². The number of esters is 1. The predicted molar refractivity (Wildman–Crippen MR) is 140 cm³/mol. The van der Waals surface area contributed by atoms with Crippen molar-refractivity contribution in [3.05, 3.63) is 0 Å². The third kappa shape index (κ3) is 7.49. The number of nitrogens with zero attached hydrogens (tertiary/aromatic N) is 2. The summed E-state index contributed by atoms with van der Waals surface area (Å²) in [5, 5.41) is 27.2. The van der Waals surface area contributed by atoms with E-state index in [1.807, 2.05) is 46.7 Å². The van der Waals surface area contributed by atoms with Gasteiger partial charge in [0.25, 0.3) is 0 Å². The number of likely N-dealkylation sites (N-methyl/N-ethyl adjacent to an activating group) is 1. The quantitative estimate of drug-likeness (QED) is 0.240. The van der Waals surface area contributed by atoms with E-state index in [1.54, 1.807) is 21.0 Å². The van der Waals surface area contributed by atoms with Gasteiger partial charge in [-0.1, -0.05) is 39.8 Å². The number of carbonyl (C=O) groups excluding carboxylic acids is 2. The number of hydrogen-bond donors (Lipinski definition) is 2. The molecule has 1 heterocycles. The molecule has 1 saturated heterocycles. The highest BCUT2D eigenvalue weighted by Crippen LogP contribution is 2.38. The average molecular weight is 515 g/mol. The minimum atomic E-state index is -1.79. The summed E-state index contributed by atoms with van der Waals surface area (Å²) in [6, 6.07) is 0. The molecule has 0 aliphatic carbocycles. The van der Waals surface area contributed by atoms with E-state index < -0.39 is 47.1 Å². The van der Waals surface area contributed by atoms with E-state index in [9.17, 15) is 19.8 Å². The molecule has 0 amide bonds. The summed E-state index contributed by atoms with van der Waals surface area (Å²) in [5.74, 6) is -3.49. The van der Waals surface area contributed by atoms with Crippen molar-refractivity contribution in [3.63, 3.8) is 0 Å². The Bertz CT molecular complexity index is 769. The summed E-state index contributed by atoms with van der Waals surface area (Å²) in [4.78, 5) is 33.8. The molecule has 36 heavy (non-hydrogen) atoms. The van der Waals surface area contributed by atoms with Gasteiger partial charge in [0, 0.05) is 31.4 Å². The number of aliphatic hydroxyl groups is 2. The molecular formula is C27H50N2O7. The first-order valence-corrected chi connectivity index (χ1v) is 13.1. The van der Waals surface area contributed by atoms with Gasteiger partial charge in [0.1, 0.15) is 30.0 Å². The van der Waals surface area contributed by atoms with E-state index in [4.69, 9.17) is 14.3 Å². The number of aliphatic hydroxyl groups excluding tert-OH is 1. The average Bonchev–Trinajstić information content (AvgIpc) is 2.83. The lowest BCUT2D eigenvalue weighted by molar-refractivity contribution is -0.187. The first-order chi connectivity index (χ1) is 16.5. The lowest BCUT2D eigenvalue weighted by atomic mass is 9.71. The molecule has 0 radical (unpaired) electrons. The Hall–Kier alpha value is -1.55. The largest absolute Gasteiger partial charge is 0.459 e. The molecule has 9 heteroatoms. The van der Waals surface area contributed by atoms with E-state index in [0.29, 0.717) is 25.3 Å². The van der Waals surface area contributed by atoms with Crippen molar-refractivity contribution < 1.29 is 34.1 Å². The minimum Gasteiger partial charge on any atom is -0.459 e. The maximum absolute atomic E-state index is 13.3. The van der Waals surface area contributed by atoms with Gasteiger partial charge in [0.05, 0.1) is 17.4 Å². The van der Waals surface area contributed by atoms with Crippen LogP contribution < -0.4 is 0 Å². The van der Waals surface area contributed by atoms with E-state index in [-0.39, 0.29) is 24.0 Å². The normalized spacial score (nSPS) is 40.7. The van der Waals surface area contributed by atoms with Gasteiger partial charge in [-0.15, -0.1) is 0 Å². The van der Waals surface area contributed by atoms with Gasteiger partial charge in [-0.05, 0) is 53.6 Å². The van der Waals surface area contributed by atoms with Gasteiger partial charge in [0.15, 0.2) is 0 Å². The van der Waals surface area contributed by atoms with Gasteiger partial charge in [-0.2, -0.15) is 0 Å². The fraction of sp³-hybridized carbons (Fsp3) is 0.889. The monoisotopic (exact) mass is 514 g/mol. The zero-order valence-electron chi connectivity index (χ0n) is 24.2. The van der Waals surface area contributed by atoms with Crippen LogP contribution in [-0.2, 0) is 23.9 Å². The SMILES string of the molecule is CC[C@H]1OC(=O)[C@H](C)C(=O)[C@H](C)[C@@H](C)[C@](C)(OC)C[C@@H](C)C(=NOCCN(C)C)[C@H](C)[C@@H](O)[C@]1(C)O. The van der Waals surface area contributed by atoms with Crippen LogP contribution in [0.1, 0.15) is 68.2 Å². The number of ketones is 1. The van der Waals surface area contributed by atoms with Crippen LogP contribution in [0.5, 0.6) is 0 Å². The number of rotatable bonds is 6. The molecule has 1 fully saturated rings. The smallest absolute Gasteiger partial charge is 0.316 e. The summed E-state index contributed by atoms with van der Waals surface area (Å²) in [5.41, 5.74) is -1.95. The van der Waals surface area contributed by atoms with Crippen LogP contribution in [0.2, 0.25) is 0 Å². The molecular weight excluding hydrogens is 464 g/mol. The number of hydrogen-bond acceptors (Lipinski definition) is 9. The maximum atomic E-state index is 13.3. The summed E-state index contributed by atoms with van der Waals surface area (Å²) in [7, 11) is 5.48. The summed E-state index contributed by atoms with van der Waals surface area (Å²) >= 11 is 0. The van der Waals surface area contributed by atoms with Gasteiger partial charge >= 0.3 is 5.97 Å². The third-order valence-electron chi connectivity index (χ3n) is 8.24. The van der Waals surface area contributed by atoms with Crippen LogP contribution in [-0.4, -0.2) is 90.3 Å². The second-order valence-electron chi connectivity index (χ2n) is 11.3. The maximum Gasteiger partial charge on any atom is 0.316 e. The van der Waals surface area contributed by atoms with Crippen LogP contribution in [0.3, 0.4) is 0 Å².